The molecule has 1 amide bonds. The number of nitrogens with zero attached hydrogens (tertiary/aromatic N) is 4. The zero-order valence-electron chi connectivity index (χ0n) is 20.3. The van der Waals surface area contributed by atoms with Crippen molar-refractivity contribution in [3.63, 3.8) is 0 Å². The van der Waals surface area contributed by atoms with E-state index in [1.807, 2.05) is 68.4 Å². The van der Waals surface area contributed by atoms with Crippen molar-refractivity contribution in [1.29, 1.82) is 5.26 Å². The third kappa shape index (κ3) is 4.50. The van der Waals surface area contributed by atoms with E-state index in [-0.39, 0.29) is 30.0 Å². The van der Waals surface area contributed by atoms with Gasteiger partial charge in [0.15, 0.2) is 0 Å². The Kier molecular flexibility index (Phi) is 6.11. The van der Waals surface area contributed by atoms with E-state index in [1.165, 1.54) is 4.68 Å². The first-order valence-electron chi connectivity index (χ1n) is 11.7. The number of allylic oxidation sites excluding steroid dienone is 1. The molecule has 4 aromatic rings. The molecule has 0 spiro atoms. The van der Waals surface area contributed by atoms with E-state index in [2.05, 4.69) is 21.4 Å². The molecule has 2 aromatic carbocycles. The Balaban J connectivity index is 1.69. The third-order valence-corrected chi connectivity index (χ3v) is 5.92. The van der Waals surface area contributed by atoms with Crippen molar-refractivity contribution in [1.82, 2.24) is 20.0 Å². The van der Waals surface area contributed by atoms with Crippen molar-refractivity contribution in [2.75, 3.05) is 0 Å². The molecular weight excluding hydrogens is 470 g/mol. The van der Waals surface area contributed by atoms with Crippen LogP contribution in [0.15, 0.2) is 72.3 Å². The molecule has 2 aromatic heterocycles. The van der Waals surface area contributed by atoms with Crippen LogP contribution in [0.5, 0.6) is 11.6 Å². The van der Waals surface area contributed by atoms with E-state index in [4.69, 9.17) is 20.9 Å². The molecule has 1 aliphatic heterocycles. The normalized spacial score (nSPS) is 14.7. The number of H-pyrrole nitrogens is 1. The summed E-state index contributed by atoms with van der Waals surface area (Å²) >= 11 is 0. The molecule has 10 nitrogen and oxygen atoms in total. The monoisotopic (exact) mass is 495 g/mol. The number of nitrogens with two attached hydrogens (primary N) is 2. The van der Waals surface area contributed by atoms with Crippen LogP contribution >= 0.6 is 0 Å². The van der Waals surface area contributed by atoms with E-state index < -0.39 is 11.8 Å². The van der Waals surface area contributed by atoms with Crippen LogP contribution in [0.1, 0.15) is 30.9 Å². The molecule has 37 heavy (non-hydrogen) atoms. The van der Waals surface area contributed by atoms with Gasteiger partial charge in [-0.25, -0.2) is 0 Å². The molecule has 186 valence electrons. The number of carbonyl (C=O) groups is 1. The molecule has 0 aliphatic carbocycles. The maximum atomic E-state index is 11.7. The van der Waals surface area contributed by atoms with Crippen molar-refractivity contribution in [2.24, 2.45) is 11.5 Å². The second-order valence-corrected chi connectivity index (χ2v) is 8.90. The first-order chi connectivity index (χ1) is 17.9. The number of nitrogens with one attached hydrogen (secondary N) is 1. The number of amides is 1. The minimum absolute atomic E-state index is 0.0413. The highest BCUT2D eigenvalue weighted by Crippen LogP contribution is 2.47. The Morgan fingerprint density at radius 2 is 1.92 bits per heavy atom. The highest BCUT2D eigenvalue weighted by molar-refractivity contribution is 5.76. The number of hydrogen-bond acceptors (Lipinski definition) is 7. The number of rotatable bonds is 7. The summed E-state index contributed by atoms with van der Waals surface area (Å²) in [7, 11) is 0. The lowest BCUT2D eigenvalue weighted by atomic mass is 9.82. The van der Waals surface area contributed by atoms with Gasteiger partial charge in [-0.1, -0.05) is 30.3 Å². The molecule has 5 N–H and O–H groups in total. The molecule has 0 saturated carbocycles. The van der Waals surface area contributed by atoms with Crippen LogP contribution < -0.4 is 20.9 Å². The second kappa shape index (κ2) is 9.54. The van der Waals surface area contributed by atoms with Crippen LogP contribution in [0.3, 0.4) is 0 Å². The summed E-state index contributed by atoms with van der Waals surface area (Å²) in [4.78, 5) is 11.7. The van der Waals surface area contributed by atoms with E-state index in [1.54, 1.807) is 6.20 Å². The van der Waals surface area contributed by atoms with Crippen molar-refractivity contribution in [3.8, 4) is 40.2 Å². The summed E-state index contributed by atoms with van der Waals surface area (Å²) in [5.74, 6) is -0.238. The van der Waals surface area contributed by atoms with Crippen molar-refractivity contribution >= 4 is 5.91 Å². The number of nitriles is 1. The fourth-order valence-electron chi connectivity index (χ4n) is 4.46. The maximum absolute atomic E-state index is 11.7. The van der Waals surface area contributed by atoms with Gasteiger partial charge >= 0.3 is 0 Å². The maximum Gasteiger partial charge on any atom is 0.244 e. The highest BCUT2D eigenvalue weighted by atomic mass is 16.5. The number of aromatic amines is 1. The quantitative estimate of drug-likeness (QED) is 0.354. The summed E-state index contributed by atoms with van der Waals surface area (Å²) in [6, 6.07) is 19.3. The lowest BCUT2D eigenvalue weighted by Crippen LogP contribution is -2.21. The number of fused-ring (bicyclic) bond motifs is 1. The Morgan fingerprint density at radius 3 is 2.57 bits per heavy atom. The lowest BCUT2D eigenvalue weighted by molar-refractivity contribution is -0.118. The summed E-state index contributed by atoms with van der Waals surface area (Å²) in [5, 5.41) is 22.2. The molecule has 0 fully saturated rings. The van der Waals surface area contributed by atoms with Gasteiger partial charge in [-0.3, -0.25) is 14.6 Å². The van der Waals surface area contributed by atoms with Gasteiger partial charge in [-0.15, -0.1) is 5.10 Å². The fourth-order valence-corrected chi connectivity index (χ4v) is 4.46. The van der Waals surface area contributed by atoms with Crippen LogP contribution in [0, 0.1) is 11.3 Å². The predicted molar refractivity (Wildman–Crippen MR) is 136 cm³/mol. The molecule has 1 aliphatic rings. The Bertz CT molecular complexity index is 1530. The number of carbonyl (C=O) groups excluding carboxylic acids is 1. The number of ether oxygens (including phenoxy) is 2. The molecule has 3 heterocycles. The van der Waals surface area contributed by atoms with Crippen LogP contribution in [-0.2, 0) is 11.3 Å². The van der Waals surface area contributed by atoms with Gasteiger partial charge in [-0.2, -0.15) is 10.4 Å². The van der Waals surface area contributed by atoms with Gasteiger partial charge in [0.05, 0.1) is 29.0 Å². The van der Waals surface area contributed by atoms with Crippen molar-refractivity contribution < 1.29 is 14.3 Å². The second-order valence-electron chi connectivity index (χ2n) is 8.90. The van der Waals surface area contributed by atoms with Gasteiger partial charge in [0.2, 0.25) is 17.7 Å². The van der Waals surface area contributed by atoms with Crippen LogP contribution in [-0.4, -0.2) is 32.0 Å². The van der Waals surface area contributed by atoms with Crippen molar-refractivity contribution in [2.45, 2.75) is 32.4 Å². The van der Waals surface area contributed by atoms with E-state index in [0.717, 1.165) is 16.9 Å². The number of aromatic nitrogens is 4. The predicted octanol–water partition coefficient (Wildman–Crippen LogP) is 3.43. The van der Waals surface area contributed by atoms with Crippen LogP contribution in [0.2, 0.25) is 0 Å². The Labute approximate surface area is 213 Å². The topological polar surface area (TPSA) is 158 Å². The zero-order valence-corrected chi connectivity index (χ0v) is 20.3. The van der Waals surface area contributed by atoms with Gasteiger partial charge in [-0.05, 0) is 38.1 Å². The van der Waals surface area contributed by atoms with Gasteiger partial charge < -0.3 is 20.9 Å². The smallest absolute Gasteiger partial charge is 0.244 e. The number of primary amides is 1. The van der Waals surface area contributed by atoms with Gasteiger partial charge in [0, 0.05) is 22.9 Å². The fraction of sp³-hybridized carbons (Fsp3) is 0.185. The first-order valence-corrected chi connectivity index (χ1v) is 11.7. The first kappa shape index (κ1) is 23.7. The van der Waals surface area contributed by atoms with Crippen molar-refractivity contribution in [3.05, 3.63) is 83.4 Å². The SMILES string of the molecule is CC(C)Oc1ccc(-c2[nH]nc3c2[C@H](c2cn(CC(N)=O)nc2-c2ccccc2)C(C#N)=C(N)O3)cc1. The molecule has 0 unspecified atom stereocenters. The Hall–Kier alpha value is -5.04. The largest absolute Gasteiger partial charge is 0.491 e. The third-order valence-electron chi connectivity index (χ3n) is 5.92. The molecule has 1 atom stereocenters. The highest BCUT2D eigenvalue weighted by Gasteiger charge is 2.38. The van der Waals surface area contributed by atoms with Crippen LogP contribution in [0.25, 0.3) is 22.5 Å². The summed E-state index contributed by atoms with van der Waals surface area (Å²) in [6.45, 7) is 3.81. The standard InChI is InChI=1S/C27H25N7O3/c1-15(2)36-18-10-8-17(9-11-18)25-23-22(19(12-28)26(30)37-27(23)32-31-25)20-13-34(14-21(29)35)33-24(20)16-6-4-3-5-7-16/h3-11,13,15,22H,14,30H2,1-2H3,(H2,29,35)(H,31,32)/t22-/m0/s1. The lowest BCUT2D eigenvalue weighted by Gasteiger charge is -2.24. The number of benzene rings is 2. The summed E-state index contributed by atoms with van der Waals surface area (Å²) in [5.41, 5.74) is 16.0. The minimum Gasteiger partial charge on any atom is -0.491 e. The molecular formula is C27H25N7O3. The molecule has 10 heteroatoms. The molecule has 0 saturated heterocycles. The van der Waals surface area contributed by atoms with Crippen LogP contribution in [0.4, 0.5) is 0 Å². The van der Waals surface area contributed by atoms with Gasteiger partial charge in [0.25, 0.3) is 0 Å². The molecule has 5 rings (SSSR count). The average Bonchev–Trinajstić information content (AvgIpc) is 3.47. The number of hydrogen-bond donors (Lipinski definition) is 3. The summed E-state index contributed by atoms with van der Waals surface area (Å²) < 4.78 is 13.0. The Morgan fingerprint density at radius 1 is 1.19 bits per heavy atom. The molecule has 0 radical (unpaired) electrons. The minimum atomic E-state index is -0.661. The summed E-state index contributed by atoms with van der Waals surface area (Å²) in [6.07, 6.45) is 1.76. The zero-order chi connectivity index (χ0) is 26.1. The van der Waals surface area contributed by atoms with E-state index in [9.17, 15) is 10.1 Å². The van der Waals surface area contributed by atoms with E-state index >= 15 is 0 Å². The van der Waals surface area contributed by atoms with Gasteiger partial charge in [0.1, 0.15) is 23.9 Å². The average molecular weight is 496 g/mol. The van der Waals surface area contributed by atoms with E-state index in [0.29, 0.717) is 22.5 Å². The molecule has 0 bridgehead atoms.